The monoisotopic (exact) mass is 500 g/mol. The maximum atomic E-state index is 13.5. The molecule has 0 amide bonds. The Balaban J connectivity index is 1.68. The minimum atomic E-state index is -0.666. The highest BCUT2D eigenvalue weighted by atomic mass is 35.5. The van der Waals surface area contributed by atoms with Crippen molar-refractivity contribution in [2.75, 3.05) is 30.0 Å². The lowest BCUT2D eigenvalue weighted by atomic mass is 10.1. The molecule has 1 unspecified atom stereocenters. The van der Waals surface area contributed by atoms with Crippen LogP contribution >= 0.6 is 11.6 Å². The predicted octanol–water partition coefficient (Wildman–Crippen LogP) is 2.45. The van der Waals surface area contributed by atoms with Crippen LogP contribution in [0, 0.1) is 6.92 Å². The van der Waals surface area contributed by atoms with Gasteiger partial charge in [0.25, 0.3) is 5.56 Å². The van der Waals surface area contributed by atoms with Gasteiger partial charge in [-0.05, 0) is 30.2 Å². The van der Waals surface area contributed by atoms with Gasteiger partial charge in [-0.3, -0.25) is 13.9 Å². The first kappa shape index (κ1) is 25.0. The highest BCUT2D eigenvalue weighted by molar-refractivity contribution is 6.30. The van der Waals surface area contributed by atoms with Crippen LogP contribution in [0.1, 0.15) is 16.7 Å². The second kappa shape index (κ2) is 11.1. The number of nitrogens with zero attached hydrogens (tertiary/aromatic N) is 3. The van der Waals surface area contributed by atoms with Crippen molar-refractivity contribution in [2.45, 2.75) is 33.0 Å². The Kier molecular flexibility index (Phi) is 7.92. The number of halogens is 1. The Morgan fingerprint density at radius 1 is 1.09 bits per heavy atom. The van der Waals surface area contributed by atoms with Crippen LogP contribution in [-0.4, -0.2) is 40.4 Å². The number of ether oxygens (including phenoxy) is 2. The molecule has 0 saturated carbocycles. The van der Waals surface area contributed by atoms with Crippen molar-refractivity contribution in [3.8, 4) is 0 Å². The lowest BCUT2D eigenvalue weighted by Gasteiger charge is -2.26. The lowest BCUT2D eigenvalue weighted by molar-refractivity contribution is 0.0593. The van der Waals surface area contributed by atoms with Crippen molar-refractivity contribution >= 4 is 23.1 Å². The molecule has 0 radical (unpaired) electrons. The van der Waals surface area contributed by atoms with Gasteiger partial charge in [0, 0.05) is 18.6 Å². The number of hydrogen-bond acceptors (Lipinski definition) is 7. The Hall–Kier alpha value is -3.11. The first-order chi connectivity index (χ1) is 16.9. The van der Waals surface area contributed by atoms with Crippen LogP contribution in [0.2, 0.25) is 5.02 Å². The summed E-state index contributed by atoms with van der Waals surface area (Å²) >= 11 is 6.05. The summed E-state index contributed by atoms with van der Waals surface area (Å²) in [6, 6.07) is 15.4. The zero-order valence-electron chi connectivity index (χ0n) is 19.7. The Labute approximate surface area is 208 Å². The largest absolute Gasteiger partial charge is 0.394 e. The highest BCUT2D eigenvalue weighted by Gasteiger charge is 2.35. The summed E-state index contributed by atoms with van der Waals surface area (Å²) in [7, 11) is 1.61. The summed E-state index contributed by atoms with van der Waals surface area (Å²) in [6.07, 6.45) is -0.666. The van der Waals surface area contributed by atoms with Crippen molar-refractivity contribution < 1.29 is 14.6 Å². The highest BCUT2D eigenvalue weighted by Crippen LogP contribution is 2.32. The maximum absolute atomic E-state index is 13.5. The number of aryl methyl sites for hydroxylation is 1. The fraction of sp³-hybridized carbons (Fsp3) is 0.360. The fourth-order valence-electron chi connectivity index (χ4n) is 4.06. The van der Waals surface area contributed by atoms with E-state index in [1.165, 1.54) is 4.57 Å². The molecule has 10 heteroatoms. The first-order valence-electron chi connectivity index (χ1n) is 11.4. The zero-order chi connectivity index (χ0) is 24.9. The molecule has 0 bridgehead atoms. The molecular weight excluding hydrogens is 472 g/mol. The van der Waals surface area contributed by atoms with E-state index in [-0.39, 0.29) is 26.4 Å². The van der Waals surface area contributed by atoms with E-state index >= 15 is 0 Å². The van der Waals surface area contributed by atoms with E-state index in [2.05, 4.69) is 5.32 Å². The van der Waals surface area contributed by atoms with Gasteiger partial charge in [-0.2, -0.15) is 0 Å². The van der Waals surface area contributed by atoms with Crippen molar-refractivity contribution in [2.24, 2.45) is 7.05 Å². The molecular formula is C25H29ClN4O5. The quantitative estimate of drug-likeness (QED) is 0.413. The van der Waals surface area contributed by atoms with E-state index in [0.29, 0.717) is 29.7 Å². The molecule has 2 heterocycles. The van der Waals surface area contributed by atoms with Crippen LogP contribution in [0.4, 0.5) is 11.5 Å². The van der Waals surface area contributed by atoms with E-state index in [9.17, 15) is 9.59 Å². The fourth-order valence-corrected chi connectivity index (χ4v) is 4.19. The summed E-state index contributed by atoms with van der Waals surface area (Å²) in [5.74, 6) is 0.399. The Morgan fingerprint density at radius 3 is 2.57 bits per heavy atom. The van der Waals surface area contributed by atoms with Gasteiger partial charge >= 0.3 is 5.69 Å². The molecule has 4 rings (SSSR count). The van der Waals surface area contributed by atoms with Gasteiger partial charge in [0.1, 0.15) is 11.5 Å². The summed E-state index contributed by atoms with van der Waals surface area (Å²) in [4.78, 5) is 28.3. The van der Waals surface area contributed by atoms with Crippen molar-refractivity contribution in [3.05, 3.63) is 91.1 Å². The van der Waals surface area contributed by atoms with Crippen LogP contribution in [0.5, 0.6) is 0 Å². The second-order valence-electron chi connectivity index (χ2n) is 8.38. The normalized spacial score (nSPS) is 14.7. The SMILES string of the molecule is Cc1cccc(COC2Nc3c(c(=O)n(CCOCCO)c(=O)n3C)N2Cc2ccc(Cl)cc2)c1. The van der Waals surface area contributed by atoms with Crippen LogP contribution in [-0.2, 0) is 36.2 Å². The minimum Gasteiger partial charge on any atom is -0.394 e. The van der Waals surface area contributed by atoms with Crippen LogP contribution in [0.25, 0.3) is 0 Å². The first-order valence-corrected chi connectivity index (χ1v) is 11.7. The molecule has 1 aliphatic rings. The third-order valence-electron chi connectivity index (χ3n) is 5.81. The van der Waals surface area contributed by atoms with Gasteiger partial charge in [0.05, 0.1) is 33.0 Å². The Bertz CT molecular complexity index is 1290. The second-order valence-corrected chi connectivity index (χ2v) is 8.82. The van der Waals surface area contributed by atoms with Crippen molar-refractivity contribution in [1.29, 1.82) is 0 Å². The smallest absolute Gasteiger partial charge is 0.332 e. The van der Waals surface area contributed by atoms with Gasteiger partial charge in [0.15, 0.2) is 0 Å². The summed E-state index contributed by atoms with van der Waals surface area (Å²) in [6.45, 7) is 2.91. The molecule has 1 aliphatic heterocycles. The molecule has 35 heavy (non-hydrogen) atoms. The van der Waals surface area contributed by atoms with Crippen LogP contribution in [0.15, 0.2) is 58.1 Å². The van der Waals surface area contributed by atoms with Crippen LogP contribution in [0.3, 0.4) is 0 Å². The van der Waals surface area contributed by atoms with E-state index in [0.717, 1.165) is 21.3 Å². The minimum absolute atomic E-state index is 0.0718. The van der Waals surface area contributed by atoms with E-state index in [1.807, 2.05) is 48.2 Å². The number of aliphatic hydroxyl groups excluding tert-OH is 1. The molecule has 0 aliphatic carbocycles. The molecule has 1 aromatic heterocycles. The van der Waals surface area contributed by atoms with E-state index in [1.54, 1.807) is 19.2 Å². The average molecular weight is 501 g/mol. The molecule has 3 aromatic rings. The lowest BCUT2D eigenvalue weighted by Crippen LogP contribution is -2.43. The van der Waals surface area contributed by atoms with E-state index in [4.69, 9.17) is 26.2 Å². The third-order valence-corrected chi connectivity index (χ3v) is 6.06. The Morgan fingerprint density at radius 2 is 1.86 bits per heavy atom. The number of benzene rings is 2. The van der Waals surface area contributed by atoms with Gasteiger partial charge in [0.2, 0.25) is 6.35 Å². The summed E-state index contributed by atoms with van der Waals surface area (Å²) < 4.78 is 14.1. The number of aromatic nitrogens is 2. The maximum Gasteiger partial charge on any atom is 0.332 e. The molecule has 2 N–H and O–H groups in total. The number of rotatable bonds is 10. The summed E-state index contributed by atoms with van der Waals surface area (Å²) in [5.41, 5.74) is 2.51. The van der Waals surface area contributed by atoms with Crippen molar-refractivity contribution in [1.82, 2.24) is 9.13 Å². The summed E-state index contributed by atoms with van der Waals surface area (Å²) in [5, 5.41) is 12.8. The average Bonchev–Trinajstić information content (AvgIpc) is 3.20. The topological polar surface area (TPSA) is 98.0 Å². The molecule has 0 saturated heterocycles. The number of hydrogen-bond donors (Lipinski definition) is 2. The number of fused-ring (bicyclic) bond motifs is 1. The van der Waals surface area contributed by atoms with Crippen LogP contribution < -0.4 is 21.5 Å². The van der Waals surface area contributed by atoms with Gasteiger partial charge in [-0.25, -0.2) is 4.79 Å². The molecule has 2 aromatic carbocycles. The molecule has 186 valence electrons. The molecule has 0 fully saturated rings. The van der Waals surface area contributed by atoms with Gasteiger partial charge in [-0.15, -0.1) is 0 Å². The van der Waals surface area contributed by atoms with E-state index < -0.39 is 17.6 Å². The van der Waals surface area contributed by atoms with Crippen molar-refractivity contribution in [3.63, 3.8) is 0 Å². The van der Waals surface area contributed by atoms with Gasteiger partial charge < -0.3 is 24.8 Å². The standard InChI is InChI=1S/C25H29ClN4O5/c1-17-4-3-5-19(14-17)16-35-24-27-22-21(30(24)15-18-6-8-20(26)9-7-18)23(32)29(25(33)28(22)2)10-12-34-13-11-31/h3-9,14,24,27,31H,10-13,15-16H2,1-2H3. The zero-order valence-corrected chi connectivity index (χ0v) is 20.5. The molecule has 9 nitrogen and oxygen atoms in total. The number of aliphatic hydroxyl groups is 1. The number of anilines is 2. The third kappa shape index (κ3) is 5.59. The molecule has 0 spiro atoms. The number of nitrogens with one attached hydrogen (secondary N) is 1. The van der Waals surface area contributed by atoms with Gasteiger partial charge in [-0.1, -0.05) is 53.6 Å². The predicted molar refractivity (Wildman–Crippen MR) is 135 cm³/mol. The molecule has 1 atom stereocenters.